The van der Waals surface area contributed by atoms with E-state index in [9.17, 15) is 0 Å². The highest BCUT2D eigenvalue weighted by atomic mass is 32.4. The van der Waals surface area contributed by atoms with Gasteiger partial charge in [0.25, 0.3) is 0 Å². The first-order valence-corrected chi connectivity index (χ1v) is 13.6. The predicted molar refractivity (Wildman–Crippen MR) is 92.5 cm³/mol. The quantitative estimate of drug-likeness (QED) is 0.629. The summed E-state index contributed by atoms with van der Waals surface area (Å²) in [6.45, 7) is 14.2. The minimum absolute atomic E-state index is 0.170. The molecule has 2 atom stereocenters. The lowest BCUT2D eigenvalue weighted by atomic mass is 9.88. The summed E-state index contributed by atoms with van der Waals surface area (Å²) in [4.78, 5) is 0. The third kappa shape index (κ3) is 8.55. The average Bonchev–Trinajstić information content (AvgIpc) is 2.19. The Morgan fingerprint density at radius 3 is 2.05 bits per heavy atom. The van der Waals surface area contributed by atoms with Crippen LogP contribution in [0.3, 0.4) is 0 Å². The highest BCUT2D eigenvalue weighted by Gasteiger charge is 2.39. The van der Waals surface area contributed by atoms with E-state index in [2.05, 4.69) is 63.1 Å². The molecule has 2 unspecified atom stereocenters. The number of hydrogen-bond acceptors (Lipinski definition) is 2. The van der Waals surface area contributed by atoms with E-state index in [1.165, 1.54) is 0 Å². The first-order valence-electron chi connectivity index (χ1n) is 7.21. The smallest absolute Gasteiger partial charge is 0.343 e. The second-order valence-electron chi connectivity index (χ2n) is 7.05. The predicted octanol–water partition coefficient (Wildman–Crippen LogP) is 4.01. The van der Waals surface area contributed by atoms with Gasteiger partial charge in [0.15, 0.2) is 0 Å². The van der Waals surface area contributed by atoms with E-state index >= 15 is 0 Å². The highest BCUT2D eigenvalue weighted by Crippen LogP contribution is 2.39. The van der Waals surface area contributed by atoms with Crippen LogP contribution in [-0.4, -0.2) is 48.6 Å². The Kier molecular flexibility index (Phi) is 7.92. The van der Waals surface area contributed by atoms with Crippen molar-refractivity contribution in [3.63, 3.8) is 0 Å². The van der Waals surface area contributed by atoms with Gasteiger partial charge < -0.3 is 8.85 Å². The molecule has 0 aliphatic rings. The standard InChI is InChI=1S/C14H33O2SSi2/c1-9-11-15-19(8,12-17(6,7)18)16-13(10-2)14(3,4)5/h13H,9-12H2,1-8H3. The third-order valence-electron chi connectivity index (χ3n) is 2.96. The summed E-state index contributed by atoms with van der Waals surface area (Å²) in [6, 6.07) is 0. The van der Waals surface area contributed by atoms with E-state index < -0.39 is 18.0 Å². The van der Waals surface area contributed by atoms with E-state index in [0.717, 1.165) is 24.8 Å². The molecule has 2 nitrogen and oxygen atoms in total. The molecule has 0 aliphatic carbocycles. The lowest BCUT2D eigenvalue weighted by molar-refractivity contribution is 0.0412. The van der Waals surface area contributed by atoms with Crippen molar-refractivity contribution in [3.05, 3.63) is 0 Å². The number of rotatable bonds is 8. The molecule has 5 heteroatoms. The molecule has 0 amide bonds. The molecule has 19 heavy (non-hydrogen) atoms. The van der Waals surface area contributed by atoms with Crippen LogP contribution in [0.2, 0.25) is 6.55 Å². The minimum Gasteiger partial charge on any atom is -0.394 e. The Labute approximate surface area is 126 Å². The Morgan fingerprint density at radius 2 is 1.74 bits per heavy atom. The summed E-state index contributed by atoms with van der Waals surface area (Å²) in [7, 11) is 0.976. The van der Waals surface area contributed by atoms with E-state index in [-0.39, 0.29) is 11.5 Å². The zero-order chi connectivity index (χ0) is 15.3. The Morgan fingerprint density at radius 1 is 1.21 bits per heavy atom. The molecule has 0 spiro atoms. The lowest BCUT2D eigenvalue weighted by Crippen LogP contribution is -2.50. The second kappa shape index (κ2) is 7.64. The van der Waals surface area contributed by atoms with Crippen molar-refractivity contribution < 1.29 is 8.85 Å². The van der Waals surface area contributed by atoms with E-state index in [0.29, 0.717) is 0 Å². The van der Waals surface area contributed by atoms with Crippen molar-refractivity contribution in [2.75, 3.05) is 24.5 Å². The van der Waals surface area contributed by atoms with Crippen molar-refractivity contribution >= 4 is 27.4 Å². The van der Waals surface area contributed by atoms with Gasteiger partial charge in [0.2, 0.25) is 0 Å². The van der Waals surface area contributed by atoms with Gasteiger partial charge in [-0.2, -0.15) is 0 Å². The van der Waals surface area contributed by atoms with E-state index in [1.807, 2.05) is 0 Å². The van der Waals surface area contributed by atoms with Crippen LogP contribution in [0.25, 0.3) is 0 Å². The number of hydrogen-bond donors (Lipinski definition) is 0. The molecule has 0 heterocycles. The Bertz CT molecular complexity index is 261. The highest BCUT2D eigenvalue weighted by molar-refractivity contribution is 8.49. The molecule has 0 aromatic carbocycles. The normalized spacial score (nSPS) is 19.0. The summed E-state index contributed by atoms with van der Waals surface area (Å²) < 4.78 is 12.7. The fourth-order valence-electron chi connectivity index (χ4n) is 2.26. The van der Waals surface area contributed by atoms with Crippen molar-refractivity contribution in [1.29, 1.82) is 0 Å². The molecule has 0 bridgehead atoms. The van der Waals surface area contributed by atoms with Crippen molar-refractivity contribution in [1.82, 2.24) is 0 Å². The van der Waals surface area contributed by atoms with Crippen molar-refractivity contribution in [2.24, 2.45) is 5.41 Å². The fourth-order valence-corrected chi connectivity index (χ4v) is 12.3. The Balaban J connectivity index is 4.92. The zero-order valence-corrected chi connectivity index (χ0v) is 16.9. The molecule has 0 aromatic rings. The van der Waals surface area contributed by atoms with Crippen LogP contribution in [0.15, 0.2) is 0 Å². The van der Waals surface area contributed by atoms with Gasteiger partial charge in [0, 0.05) is 12.0 Å². The van der Waals surface area contributed by atoms with Gasteiger partial charge in [-0.25, -0.2) is 0 Å². The average molecular weight is 322 g/mol. The van der Waals surface area contributed by atoms with Gasteiger partial charge >= 0.3 is 8.56 Å². The SMILES string of the molecule is CCCO[Si](C)(CS(C)(C)[Si])OC(CC)C(C)(C)C. The molecule has 0 fully saturated rings. The molecule has 0 rings (SSSR count). The van der Waals surface area contributed by atoms with Gasteiger partial charge in [-0.15, -0.1) is 0 Å². The summed E-state index contributed by atoms with van der Waals surface area (Å²) >= 11 is 0. The van der Waals surface area contributed by atoms with E-state index in [1.54, 1.807) is 0 Å². The molecule has 0 N–H and O–H groups in total. The van der Waals surface area contributed by atoms with Crippen LogP contribution in [-0.2, 0) is 8.85 Å². The van der Waals surface area contributed by atoms with Crippen LogP contribution in [0.1, 0.15) is 47.5 Å². The fraction of sp³-hybridized carbons (Fsp3) is 1.00. The topological polar surface area (TPSA) is 18.5 Å². The largest absolute Gasteiger partial charge is 0.394 e. The van der Waals surface area contributed by atoms with Crippen LogP contribution < -0.4 is 0 Å². The second-order valence-corrected chi connectivity index (χ2v) is 17.4. The van der Waals surface area contributed by atoms with Crippen LogP contribution in [0.4, 0.5) is 0 Å². The van der Waals surface area contributed by atoms with Gasteiger partial charge in [-0.1, -0.05) is 34.6 Å². The summed E-state index contributed by atoms with van der Waals surface area (Å²) in [5.74, 6) is 0. The van der Waals surface area contributed by atoms with Gasteiger partial charge in [-0.05, 0) is 37.3 Å². The van der Waals surface area contributed by atoms with Crippen LogP contribution >= 0.6 is 9.48 Å². The first-order chi connectivity index (χ1) is 8.43. The van der Waals surface area contributed by atoms with Crippen LogP contribution in [0, 0.1) is 5.41 Å². The van der Waals surface area contributed by atoms with Gasteiger partial charge in [0.1, 0.15) is 0 Å². The molecule has 0 aliphatic heterocycles. The van der Waals surface area contributed by atoms with Crippen molar-refractivity contribution in [3.8, 4) is 0 Å². The molecule has 0 saturated heterocycles. The maximum atomic E-state index is 6.54. The summed E-state index contributed by atoms with van der Waals surface area (Å²) in [6.07, 6.45) is 6.90. The summed E-state index contributed by atoms with van der Waals surface area (Å²) in [5, 5.41) is 1.05. The first kappa shape index (κ1) is 19.7. The van der Waals surface area contributed by atoms with E-state index in [4.69, 9.17) is 8.85 Å². The minimum atomic E-state index is -2.11. The molecule has 0 aromatic heterocycles. The molecule has 115 valence electrons. The van der Waals surface area contributed by atoms with Crippen molar-refractivity contribution in [2.45, 2.75) is 60.1 Å². The van der Waals surface area contributed by atoms with Crippen LogP contribution in [0.5, 0.6) is 0 Å². The lowest BCUT2D eigenvalue weighted by Gasteiger charge is -2.41. The molecular formula is C14H33O2SSi2. The maximum Gasteiger partial charge on any atom is 0.343 e. The molecule has 3 radical (unpaired) electrons. The Hall–Kier alpha value is 0.704. The maximum absolute atomic E-state index is 6.54. The third-order valence-corrected chi connectivity index (χ3v) is 10.8. The van der Waals surface area contributed by atoms with Gasteiger partial charge in [0.05, 0.1) is 15.5 Å². The monoisotopic (exact) mass is 321 g/mol. The van der Waals surface area contributed by atoms with Gasteiger partial charge in [-0.3, -0.25) is 9.48 Å². The summed E-state index contributed by atoms with van der Waals surface area (Å²) in [5.41, 5.74) is 0.170. The zero-order valence-electron chi connectivity index (χ0n) is 14.1. The molecular weight excluding hydrogens is 288 g/mol. The molecule has 0 saturated carbocycles.